The lowest BCUT2D eigenvalue weighted by Gasteiger charge is -2.15. The van der Waals surface area contributed by atoms with Crippen LogP contribution in [-0.2, 0) is 24.1 Å². The first-order valence-electron chi connectivity index (χ1n) is 11.5. The van der Waals surface area contributed by atoms with E-state index in [1.54, 1.807) is 25.3 Å². The van der Waals surface area contributed by atoms with Crippen LogP contribution in [0, 0.1) is 5.82 Å². The molecule has 0 aliphatic rings. The Labute approximate surface area is 199 Å². The second-order valence-electron chi connectivity index (χ2n) is 8.13. The van der Waals surface area contributed by atoms with Gasteiger partial charge in [0.05, 0.1) is 13.7 Å². The van der Waals surface area contributed by atoms with E-state index < -0.39 is 5.97 Å². The Bertz CT molecular complexity index is 1110. The van der Waals surface area contributed by atoms with Crippen LogP contribution in [0.15, 0.2) is 54.6 Å². The average Bonchev–Trinajstić information content (AvgIpc) is 2.83. The minimum Gasteiger partial charge on any atom is -0.507 e. The number of methoxy groups -OCH3 is 1. The molecule has 3 rings (SSSR count). The molecule has 34 heavy (non-hydrogen) atoms. The number of phenols is 1. The van der Waals surface area contributed by atoms with E-state index in [9.17, 15) is 14.3 Å². The number of benzene rings is 3. The second-order valence-corrected chi connectivity index (χ2v) is 8.13. The molecular weight excluding hydrogens is 435 g/mol. The number of aryl methyl sites for hydroxylation is 2. The summed E-state index contributed by atoms with van der Waals surface area (Å²) >= 11 is 0. The maximum absolute atomic E-state index is 13.2. The Morgan fingerprint density at radius 1 is 0.971 bits per heavy atom. The minimum absolute atomic E-state index is 0.0838. The van der Waals surface area contributed by atoms with Gasteiger partial charge in [0.2, 0.25) is 0 Å². The number of aliphatic carboxylic acids is 1. The van der Waals surface area contributed by atoms with Gasteiger partial charge in [-0.05, 0) is 78.6 Å². The highest BCUT2D eigenvalue weighted by Gasteiger charge is 2.13. The Morgan fingerprint density at radius 2 is 1.74 bits per heavy atom. The number of unbranched alkanes of at least 4 members (excludes halogenated alkanes) is 1. The largest absolute Gasteiger partial charge is 0.507 e. The molecule has 0 aromatic heterocycles. The lowest BCUT2D eigenvalue weighted by atomic mass is 9.97. The lowest BCUT2D eigenvalue weighted by molar-refractivity contribution is -0.136. The maximum atomic E-state index is 13.2. The van der Waals surface area contributed by atoms with Gasteiger partial charge in [-0.15, -0.1) is 0 Å². The van der Waals surface area contributed by atoms with Crippen LogP contribution in [0.5, 0.6) is 17.2 Å². The molecule has 0 saturated heterocycles. The molecule has 0 radical (unpaired) electrons. The first kappa shape index (κ1) is 25.1. The minimum atomic E-state index is -0.817. The molecule has 3 aromatic carbocycles. The molecule has 6 heteroatoms. The van der Waals surface area contributed by atoms with Crippen molar-refractivity contribution < 1.29 is 28.9 Å². The lowest BCUT2D eigenvalue weighted by Crippen LogP contribution is -2.04. The van der Waals surface area contributed by atoms with E-state index in [1.165, 1.54) is 12.1 Å². The highest BCUT2D eigenvalue weighted by Crippen LogP contribution is 2.36. The van der Waals surface area contributed by atoms with Gasteiger partial charge in [-0.2, -0.15) is 0 Å². The zero-order chi connectivity index (χ0) is 24.5. The molecule has 0 atom stereocenters. The van der Waals surface area contributed by atoms with Crippen molar-refractivity contribution in [3.63, 3.8) is 0 Å². The molecule has 0 heterocycles. The Morgan fingerprint density at radius 3 is 2.41 bits per heavy atom. The van der Waals surface area contributed by atoms with Gasteiger partial charge in [0.15, 0.2) is 0 Å². The zero-order valence-electron chi connectivity index (χ0n) is 19.6. The number of aromatic hydroxyl groups is 1. The van der Waals surface area contributed by atoms with Crippen molar-refractivity contribution in [1.82, 2.24) is 0 Å². The number of halogens is 1. The predicted molar refractivity (Wildman–Crippen MR) is 130 cm³/mol. The monoisotopic (exact) mass is 466 g/mol. The van der Waals surface area contributed by atoms with Crippen LogP contribution in [-0.4, -0.2) is 29.9 Å². The van der Waals surface area contributed by atoms with Crippen molar-refractivity contribution in [2.45, 2.75) is 45.4 Å². The third kappa shape index (κ3) is 6.50. The molecule has 0 spiro atoms. The number of phenolic OH excluding ortho intramolecular Hbond substituents is 1. The van der Waals surface area contributed by atoms with Crippen molar-refractivity contribution >= 4 is 5.97 Å². The average molecular weight is 467 g/mol. The van der Waals surface area contributed by atoms with Gasteiger partial charge in [-0.3, -0.25) is 4.79 Å². The van der Waals surface area contributed by atoms with Crippen LogP contribution in [0.3, 0.4) is 0 Å². The van der Waals surface area contributed by atoms with Crippen molar-refractivity contribution in [3.05, 3.63) is 77.1 Å². The Balaban J connectivity index is 1.61. The molecule has 0 aliphatic carbocycles. The highest BCUT2D eigenvalue weighted by atomic mass is 19.1. The molecular formula is C28H31FO5. The van der Waals surface area contributed by atoms with E-state index in [0.717, 1.165) is 53.7 Å². The molecule has 0 bridgehead atoms. The van der Waals surface area contributed by atoms with E-state index in [2.05, 4.69) is 0 Å². The summed E-state index contributed by atoms with van der Waals surface area (Å²) in [6.45, 7) is 2.51. The van der Waals surface area contributed by atoms with Crippen LogP contribution in [0.2, 0.25) is 0 Å². The van der Waals surface area contributed by atoms with Crippen LogP contribution in [0.25, 0.3) is 11.1 Å². The zero-order valence-corrected chi connectivity index (χ0v) is 19.6. The second kappa shape index (κ2) is 12.1. The predicted octanol–water partition coefficient (Wildman–Crippen LogP) is 6.19. The van der Waals surface area contributed by atoms with Crippen LogP contribution < -0.4 is 9.47 Å². The number of carboxylic acids is 1. The number of rotatable bonds is 12. The Kier molecular flexibility index (Phi) is 8.91. The SMILES string of the molecule is CCc1cc(-c2ccc(F)cc2)c(O)cc1OCCCCc1c(CCC(=O)O)cccc1OC. The molecule has 0 aliphatic heterocycles. The van der Waals surface area contributed by atoms with E-state index in [-0.39, 0.29) is 18.0 Å². The fourth-order valence-electron chi connectivity index (χ4n) is 4.03. The summed E-state index contributed by atoms with van der Waals surface area (Å²) in [6, 6.07) is 15.3. The molecule has 5 nitrogen and oxygen atoms in total. The normalized spacial score (nSPS) is 10.8. The smallest absolute Gasteiger partial charge is 0.303 e. The number of carbonyl (C=O) groups is 1. The summed E-state index contributed by atoms with van der Waals surface area (Å²) in [5.41, 5.74) is 4.40. The third-order valence-corrected chi connectivity index (χ3v) is 5.85. The van der Waals surface area contributed by atoms with Crippen LogP contribution in [0.4, 0.5) is 4.39 Å². The van der Waals surface area contributed by atoms with E-state index in [4.69, 9.17) is 14.6 Å². The first-order chi connectivity index (χ1) is 16.4. The van der Waals surface area contributed by atoms with Gasteiger partial charge < -0.3 is 19.7 Å². The summed E-state index contributed by atoms with van der Waals surface area (Å²) in [7, 11) is 1.62. The van der Waals surface area contributed by atoms with Crippen molar-refractivity contribution in [2.24, 2.45) is 0 Å². The molecule has 0 unspecified atom stereocenters. The summed E-state index contributed by atoms with van der Waals surface area (Å²) in [5.74, 6) is 0.378. The third-order valence-electron chi connectivity index (χ3n) is 5.85. The first-order valence-corrected chi connectivity index (χ1v) is 11.5. The molecule has 0 amide bonds. The fourth-order valence-corrected chi connectivity index (χ4v) is 4.03. The van der Waals surface area contributed by atoms with E-state index in [0.29, 0.717) is 24.3 Å². The number of hydrogen-bond donors (Lipinski definition) is 2. The molecule has 3 aromatic rings. The molecule has 180 valence electrons. The topological polar surface area (TPSA) is 76.0 Å². The highest BCUT2D eigenvalue weighted by molar-refractivity contribution is 5.72. The van der Waals surface area contributed by atoms with Gasteiger partial charge in [0.1, 0.15) is 23.1 Å². The summed E-state index contributed by atoms with van der Waals surface area (Å²) in [4.78, 5) is 11.0. The quantitative estimate of drug-likeness (QED) is 0.311. The fraction of sp³-hybridized carbons (Fsp3) is 0.321. The van der Waals surface area contributed by atoms with Gasteiger partial charge in [0.25, 0.3) is 0 Å². The van der Waals surface area contributed by atoms with E-state index >= 15 is 0 Å². The maximum Gasteiger partial charge on any atom is 0.303 e. The summed E-state index contributed by atoms with van der Waals surface area (Å²) < 4.78 is 24.7. The summed E-state index contributed by atoms with van der Waals surface area (Å²) in [6.07, 6.45) is 3.69. The van der Waals surface area contributed by atoms with Gasteiger partial charge in [0, 0.05) is 18.1 Å². The van der Waals surface area contributed by atoms with Gasteiger partial charge in [-0.1, -0.05) is 31.2 Å². The van der Waals surface area contributed by atoms with Crippen molar-refractivity contribution in [1.29, 1.82) is 0 Å². The van der Waals surface area contributed by atoms with Gasteiger partial charge in [-0.25, -0.2) is 4.39 Å². The number of ether oxygens (including phenoxy) is 2. The van der Waals surface area contributed by atoms with Crippen LogP contribution >= 0.6 is 0 Å². The number of hydrogen-bond acceptors (Lipinski definition) is 4. The Hall–Kier alpha value is -3.54. The molecule has 2 N–H and O–H groups in total. The van der Waals surface area contributed by atoms with Crippen molar-refractivity contribution in [3.8, 4) is 28.4 Å². The number of carboxylic acid groups (broad SMARTS) is 1. The molecule has 0 fully saturated rings. The molecule has 0 saturated carbocycles. The standard InChI is InChI=1S/C28H31FO5/c1-3-19-17-24(21-10-13-22(29)14-11-21)25(30)18-27(19)34-16-5-4-8-23-20(12-15-28(31)32)7-6-9-26(23)33-2/h6-7,9-11,13-14,17-18,30H,3-5,8,12,15-16H2,1-2H3,(H,31,32). The van der Waals surface area contributed by atoms with E-state index in [1.807, 2.05) is 31.2 Å². The van der Waals surface area contributed by atoms with Crippen LogP contribution in [0.1, 0.15) is 42.9 Å². The van der Waals surface area contributed by atoms with Gasteiger partial charge >= 0.3 is 5.97 Å². The summed E-state index contributed by atoms with van der Waals surface area (Å²) in [5, 5.41) is 19.6. The van der Waals surface area contributed by atoms with Crippen molar-refractivity contribution in [2.75, 3.05) is 13.7 Å².